The van der Waals surface area contributed by atoms with Gasteiger partial charge in [0.2, 0.25) is 0 Å². The molecule has 3 fully saturated rings. The Hall–Kier alpha value is -0.990. The molecule has 0 aromatic carbocycles. The summed E-state index contributed by atoms with van der Waals surface area (Å²) >= 11 is 0. The van der Waals surface area contributed by atoms with Crippen LogP contribution in [0, 0.1) is 35.0 Å². The number of hydrogen-bond acceptors (Lipinski definition) is 2. The van der Waals surface area contributed by atoms with Crippen LogP contribution in [-0.2, 0) is 9.59 Å². The van der Waals surface area contributed by atoms with E-state index in [0.717, 1.165) is 38.5 Å². The third kappa shape index (κ3) is 2.26. The van der Waals surface area contributed by atoms with Crippen molar-refractivity contribution in [2.45, 2.75) is 58.3 Å². The number of carbonyl (C=O) groups is 2. The molecule has 4 rings (SSSR count). The van der Waals surface area contributed by atoms with Crippen molar-refractivity contribution in [2.75, 3.05) is 6.67 Å². The number of hydrogen-bond donors (Lipinski definition) is 0. The van der Waals surface area contributed by atoms with E-state index in [1.807, 2.05) is 6.08 Å². The lowest BCUT2D eigenvalue weighted by Gasteiger charge is -2.55. The fraction of sp³-hybridized carbons (Fsp3) is 0.800. The van der Waals surface area contributed by atoms with Gasteiger partial charge in [0.1, 0.15) is 5.78 Å². The minimum Gasteiger partial charge on any atom is -0.299 e. The fourth-order valence-corrected chi connectivity index (χ4v) is 6.70. The molecule has 4 aliphatic rings. The molecule has 3 saturated carbocycles. The van der Waals surface area contributed by atoms with Gasteiger partial charge < -0.3 is 0 Å². The number of alkyl halides is 1. The van der Waals surface area contributed by atoms with E-state index in [2.05, 4.69) is 6.92 Å². The second-order valence-electron chi connectivity index (χ2n) is 8.54. The van der Waals surface area contributed by atoms with Crippen LogP contribution in [0.15, 0.2) is 11.6 Å². The Kier molecular flexibility index (Phi) is 3.73. The van der Waals surface area contributed by atoms with Crippen LogP contribution in [0.3, 0.4) is 0 Å². The summed E-state index contributed by atoms with van der Waals surface area (Å²) in [5, 5.41) is 0. The molecule has 0 aliphatic heterocycles. The zero-order valence-corrected chi connectivity index (χ0v) is 14.0. The third-order valence-electron chi connectivity index (χ3n) is 7.61. The van der Waals surface area contributed by atoms with Crippen LogP contribution < -0.4 is 0 Å². The van der Waals surface area contributed by atoms with E-state index in [1.165, 1.54) is 5.57 Å². The van der Waals surface area contributed by atoms with E-state index in [9.17, 15) is 14.0 Å². The molecule has 126 valence electrons. The number of fused-ring (bicyclic) bond motifs is 5. The van der Waals surface area contributed by atoms with E-state index >= 15 is 0 Å². The molecule has 0 amide bonds. The highest BCUT2D eigenvalue weighted by Crippen LogP contribution is 2.62. The smallest absolute Gasteiger partial charge is 0.155 e. The molecule has 0 aromatic heterocycles. The summed E-state index contributed by atoms with van der Waals surface area (Å²) in [5.74, 6) is 3.04. The predicted octanol–water partition coefficient (Wildman–Crippen LogP) is 4.28. The van der Waals surface area contributed by atoms with Gasteiger partial charge in [-0.15, -0.1) is 0 Å². The van der Waals surface area contributed by atoms with Gasteiger partial charge in [-0.2, -0.15) is 0 Å². The second-order valence-corrected chi connectivity index (χ2v) is 8.54. The summed E-state index contributed by atoms with van der Waals surface area (Å²) < 4.78 is 13.2. The molecule has 0 heterocycles. The van der Waals surface area contributed by atoms with Gasteiger partial charge in [0.25, 0.3) is 0 Å². The minimum absolute atomic E-state index is 0.202. The van der Waals surface area contributed by atoms with Crippen molar-refractivity contribution in [3.8, 4) is 0 Å². The maximum Gasteiger partial charge on any atom is 0.155 e. The Labute approximate surface area is 137 Å². The highest BCUT2D eigenvalue weighted by Gasteiger charge is 2.58. The van der Waals surface area contributed by atoms with E-state index in [-0.39, 0.29) is 17.9 Å². The highest BCUT2D eigenvalue weighted by molar-refractivity contribution is 5.91. The van der Waals surface area contributed by atoms with Gasteiger partial charge >= 0.3 is 0 Å². The molecule has 0 radical (unpaired) electrons. The van der Waals surface area contributed by atoms with Crippen molar-refractivity contribution in [3.05, 3.63) is 11.6 Å². The predicted molar refractivity (Wildman–Crippen MR) is 86.6 cm³/mol. The summed E-state index contributed by atoms with van der Waals surface area (Å²) in [6, 6.07) is 0. The van der Waals surface area contributed by atoms with Gasteiger partial charge in [-0.05, 0) is 74.2 Å². The van der Waals surface area contributed by atoms with Crippen molar-refractivity contribution in [2.24, 2.45) is 35.0 Å². The Balaban J connectivity index is 1.71. The van der Waals surface area contributed by atoms with Gasteiger partial charge in [-0.3, -0.25) is 14.0 Å². The largest absolute Gasteiger partial charge is 0.299 e. The Morgan fingerprint density at radius 3 is 2.78 bits per heavy atom. The van der Waals surface area contributed by atoms with E-state index in [4.69, 9.17) is 0 Å². The minimum atomic E-state index is -0.284. The van der Waals surface area contributed by atoms with Gasteiger partial charge in [0.15, 0.2) is 5.78 Å². The maximum atomic E-state index is 13.2. The van der Waals surface area contributed by atoms with Crippen molar-refractivity contribution in [1.29, 1.82) is 0 Å². The van der Waals surface area contributed by atoms with E-state index in [0.29, 0.717) is 48.2 Å². The standard InChI is InChI=1S/C20H27FO2/c1-20-11-13(8-9-21)19-15-5-3-14(22)10-12(15)2-4-16(19)17(20)6-7-18(20)23/h10,13,15-17,19H,2-9,11H2,1H3/t13-,15+,16+,17+,19-,20+/m1/s1. The van der Waals surface area contributed by atoms with Gasteiger partial charge in [0, 0.05) is 18.3 Å². The first-order valence-electron chi connectivity index (χ1n) is 9.37. The Morgan fingerprint density at radius 2 is 2.00 bits per heavy atom. The molecule has 0 saturated heterocycles. The normalized spacial score (nSPS) is 46.0. The molecular formula is C20H27FO2. The van der Waals surface area contributed by atoms with Crippen molar-refractivity contribution in [1.82, 2.24) is 0 Å². The lowest BCUT2D eigenvalue weighted by Crippen LogP contribution is -2.51. The van der Waals surface area contributed by atoms with Crippen LogP contribution in [-0.4, -0.2) is 18.2 Å². The molecule has 0 spiro atoms. The number of rotatable bonds is 2. The summed E-state index contributed by atoms with van der Waals surface area (Å²) in [6.45, 7) is 1.87. The zero-order valence-electron chi connectivity index (χ0n) is 14.0. The van der Waals surface area contributed by atoms with Crippen molar-refractivity contribution < 1.29 is 14.0 Å². The number of Topliss-reactive ketones (excluding diaryl/α,β-unsaturated/α-hetero) is 1. The molecule has 0 unspecified atom stereocenters. The lowest BCUT2D eigenvalue weighted by atomic mass is 9.48. The SMILES string of the molecule is C[C@]12C[C@@H](CCF)[C@H]3[C@@H](CCC4=CC(=O)CC[C@@H]43)[C@@H]1CCC2=O. The molecule has 0 N–H and O–H groups in total. The second kappa shape index (κ2) is 5.53. The topological polar surface area (TPSA) is 34.1 Å². The monoisotopic (exact) mass is 318 g/mol. The summed E-state index contributed by atoms with van der Waals surface area (Å²) in [4.78, 5) is 24.3. The molecule has 23 heavy (non-hydrogen) atoms. The first-order valence-corrected chi connectivity index (χ1v) is 9.37. The molecule has 6 atom stereocenters. The number of carbonyl (C=O) groups excluding carboxylic acids is 2. The molecule has 0 bridgehead atoms. The van der Waals surface area contributed by atoms with Crippen LogP contribution in [0.2, 0.25) is 0 Å². The van der Waals surface area contributed by atoms with Crippen molar-refractivity contribution in [3.63, 3.8) is 0 Å². The number of allylic oxidation sites excluding steroid dienone is 1. The lowest BCUT2D eigenvalue weighted by molar-refractivity contribution is -0.134. The van der Waals surface area contributed by atoms with Crippen molar-refractivity contribution >= 4 is 11.6 Å². The Bertz CT molecular complexity index is 566. The quantitative estimate of drug-likeness (QED) is 0.761. The number of halogens is 1. The zero-order chi connectivity index (χ0) is 16.2. The van der Waals surface area contributed by atoms with Crippen LogP contribution in [0.4, 0.5) is 4.39 Å². The van der Waals surface area contributed by atoms with Crippen LogP contribution in [0.25, 0.3) is 0 Å². The van der Waals surface area contributed by atoms with E-state index in [1.54, 1.807) is 0 Å². The summed E-state index contributed by atoms with van der Waals surface area (Å²) in [7, 11) is 0. The van der Waals surface area contributed by atoms with Crippen LogP contribution in [0.1, 0.15) is 58.3 Å². The molecule has 0 aromatic rings. The number of ketones is 2. The first-order chi connectivity index (χ1) is 11.0. The Morgan fingerprint density at radius 1 is 1.17 bits per heavy atom. The highest BCUT2D eigenvalue weighted by atomic mass is 19.1. The van der Waals surface area contributed by atoms with E-state index < -0.39 is 0 Å². The average molecular weight is 318 g/mol. The molecule has 3 heteroatoms. The molecular weight excluding hydrogens is 291 g/mol. The summed E-state index contributed by atoms with van der Waals surface area (Å²) in [6.07, 6.45) is 8.82. The fourth-order valence-electron chi connectivity index (χ4n) is 6.70. The molecule has 2 nitrogen and oxygen atoms in total. The van der Waals surface area contributed by atoms with Gasteiger partial charge in [0.05, 0.1) is 6.67 Å². The molecule has 4 aliphatic carbocycles. The first kappa shape index (κ1) is 15.5. The maximum absolute atomic E-state index is 13.2. The van der Waals surface area contributed by atoms with Gasteiger partial charge in [-0.25, -0.2) is 0 Å². The van der Waals surface area contributed by atoms with Crippen LogP contribution in [0.5, 0.6) is 0 Å². The average Bonchev–Trinajstić information content (AvgIpc) is 2.82. The third-order valence-corrected chi connectivity index (χ3v) is 7.61. The van der Waals surface area contributed by atoms with Gasteiger partial charge in [-0.1, -0.05) is 12.5 Å². The van der Waals surface area contributed by atoms with Crippen LogP contribution >= 0.6 is 0 Å². The summed E-state index contributed by atoms with van der Waals surface area (Å²) in [5.41, 5.74) is 1.13.